The molecular formula is C18H16N4O3S. The average Bonchev–Trinajstić information content (AvgIpc) is 3.09. The monoisotopic (exact) mass is 368 g/mol. The minimum Gasteiger partial charge on any atom is -0.296 e. The van der Waals surface area contributed by atoms with Crippen molar-refractivity contribution in [1.82, 2.24) is 10.2 Å². The molecule has 0 aliphatic rings. The molecule has 26 heavy (non-hydrogen) atoms. The van der Waals surface area contributed by atoms with E-state index in [9.17, 15) is 14.9 Å². The van der Waals surface area contributed by atoms with Crippen LogP contribution >= 0.6 is 11.3 Å². The number of amides is 1. The van der Waals surface area contributed by atoms with Crippen LogP contribution in [0.2, 0.25) is 0 Å². The van der Waals surface area contributed by atoms with E-state index < -0.39 is 4.92 Å². The maximum Gasteiger partial charge on any atom is 0.269 e. The lowest BCUT2D eigenvalue weighted by Crippen LogP contribution is -2.11. The molecule has 3 rings (SSSR count). The molecule has 0 aliphatic heterocycles. The second-order valence-electron chi connectivity index (χ2n) is 5.77. The Bertz CT molecular complexity index is 910. The number of carbonyl (C=O) groups excluding carboxylic acids is 1. The van der Waals surface area contributed by atoms with E-state index in [0.29, 0.717) is 16.6 Å². The molecule has 7 nitrogen and oxygen atoms in total. The van der Waals surface area contributed by atoms with E-state index in [1.165, 1.54) is 41.2 Å². The zero-order chi connectivity index (χ0) is 18.5. The molecule has 8 heteroatoms. The number of aromatic nitrogens is 2. The first kappa shape index (κ1) is 17.7. The summed E-state index contributed by atoms with van der Waals surface area (Å²) in [6.07, 6.45) is 0.731. The third-order valence-electron chi connectivity index (χ3n) is 3.88. The van der Waals surface area contributed by atoms with Crippen molar-refractivity contribution in [3.63, 3.8) is 0 Å². The minimum atomic E-state index is -0.507. The highest BCUT2D eigenvalue weighted by atomic mass is 32.1. The number of nitro groups is 1. The molecule has 3 aromatic rings. The van der Waals surface area contributed by atoms with E-state index in [1.54, 1.807) is 0 Å². The maximum atomic E-state index is 12.2. The number of non-ortho nitro benzene ring substituents is 1. The molecule has 1 N–H and O–H groups in total. The molecule has 0 saturated heterocycles. The summed E-state index contributed by atoms with van der Waals surface area (Å²) in [7, 11) is 0. The summed E-state index contributed by atoms with van der Waals surface area (Å²) in [6, 6.07) is 15.5. The Labute approximate surface area is 153 Å². The van der Waals surface area contributed by atoms with Crippen molar-refractivity contribution in [2.24, 2.45) is 0 Å². The predicted octanol–water partition coefficient (Wildman–Crippen LogP) is 4.04. The SMILES string of the molecule is C[C@@H](Cc1nnc(NC(=O)c2ccc([N+](=O)[O-])cc2)s1)c1ccccc1. The van der Waals surface area contributed by atoms with Gasteiger partial charge >= 0.3 is 0 Å². The van der Waals surface area contributed by atoms with Gasteiger partial charge in [-0.3, -0.25) is 20.2 Å². The number of carbonyl (C=O) groups is 1. The quantitative estimate of drug-likeness (QED) is 0.523. The zero-order valence-corrected chi connectivity index (χ0v) is 14.8. The second-order valence-corrected chi connectivity index (χ2v) is 6.84. The highest BCUT2D eigenvalue weighted by molar-refractivity contribution is 7.15. The van der Waals surface area contributed by atoms with Crippen LogP contribution in [-0.4, -0.2) is 21.0 Å². The van der Waals surface area contributed by atoms with E-state index in [2.05, 4.69) is 34.6 Å². The van der Waals surface area contributed by atoms with Crippen LogP contribution in [0.4, 0.5) is 10.8 Å². The van der Waals surface area contributed by atoms with E-state index in [-0.39, 0.29) is 11.6 Å². The maximum absolute atomic E-state index is 12.2. The number of nitro benzene ring substituents is 1. The summed E-state index contributed by atoms with van der Waals surface area (Å²) >= 11 is 1.32. The van der Waals surface area contributed by atoms with Gasteiger partial charge in [-0.2, -0.15) is 0 Å². The van der Waals surface area contributed by atoms with Crippen molar-refractivity contribution < 1.29 is 9.72 Å². The van der Waals surface area contributed by atoms with Crippen LogP contribution in [0.5, 0.6) is 0 Å². The van der Waals surface area contributed by atoms with Crippen molar-refractivity contribution in [3.8, 4) is 0 Å². The number of hydrogen-bond donors (Lipinski definition) is 1. The van der Waals surface area contributed by atoms with Crippen LogP contribution in [0.3, 0.4) is 0 Å². The number of hydrogen-bond acceptors (Lipinski definition) is 6. The van der Waals surface area contributed by atoms with Gasteiger partial charge in [0.25, 0.3) is 11.6 Å². The zero-order valence-electron chi connectivity index (χ0n) is 14.0. The number of benzene rings is 2. The molecule has 0 unspecified atom stereocenters. The predicted molar refractivity (Wildman–Crippen MR) is 99.5 cm³/mol. The standard InChI is InChI=1S/C18H16N4O3S/c1-12(13-5-3-2-4-6-13)11-16-20-21-18(26-16)19-17(23)14-7-9-15(10-8-14)22(24)25/h2-10,12H,11H2,1H3,(H,19,21,23)/t12-/m0/s1. The molecule has 0 bridgehead atoms. The van der Waals surface area contributed by atoms with Gasteiger partial charge in [0.1, 0.15) is 5.01 Å². The van der Waals surface area contributed by atoms with Crippen LogP contribution in [0, 0.1) is 10.1 Å². The third kappa shape index (κ3) is 4.28. The summed E-state index contributed by atoms with van der Waals surface area (Å²) in [5.41, 5.74) is 1.49. The molecule has 0 fully saturated rings. The first-order valence-corrected chi connectivity index (χ1v) is 8.77. The summed E-state index contributed by atoms with van der Waals surface area (Å²) in [5, 5.41) is 22.7. The smallest absolute Gasteiger partial charge is 0.269 e. The molecule has 2 aromatic carbocycles. The Morgan fingerprint density at radius 2 is 1.85 bits per heavy atom. The Hall–Kier alpha value is -3.13. The van der Waals surface area contributed by atoms with Crippen LogP contribution in [0.15, 0.2) is 54.6 Å². The van der Waals surface area contributed by atoms with Gasteiger partial charge in [0, 0.05) is 24.1 Å². The van der Waals surface area contributed by atoms with E-state index >= 15 is 0 Å². The van der Waals surface area contributed by atoms with Crippen LogP contribution in [-0.2, 0) is 6.42 Å². The molecule has 0 radical (unpaired) electrons. The van der Waals surface area contributed by atoms with E-state index in [4.69, 9.17) is 0 Å². The largest absolute Gasteiger partial charge is 0.296 e. The molecular weight excluding hydrogens is 352 g/mol. The highest BCUT2D eigenvalue weighted by Gasteiger charge is 2.14. The lowest BCUT2D eigenvalue weighted by atomic mass is 9.98. The van der Waals surface area contributed by atoms with Crippen molar-refractivity contribution in [1.29, 1.82) is 0 Å². The van der Waals surface area contributed by atoms with E-state index in [0.717, 1.165) is 11.4 Å². The summed E-state index contributed by atoms with van der Waals surface area (Å²) in [6.45, 7) is 2.12. The third-order valence-corrected chi connectivity index (χ3v) is 4.74. The summed E-state index contributed by atoms with van der Waals surface area (Å²) in [5.74, 6) is -0.0823. The lowest BCUT2D eigenvalue weighted by molar-refractivity contribution is -0.384. The Morgan fingerprint density at radius 1 is 1.15 bits per heavy atom. The Kier molecular flexibility index (Phi) is 5.33. The Morgan fingerprint density at radius 3 is 2.50 bits per heavy atom. The molecule has 1 amide bonds. The fraction of sp³-hybridized carbons (Fsp3) is 0.167. The first-order valence-electron chi connectivity index (χ1n) is 7.96. The number of nitrogens with one attached hydrogen (secondary N) is 1. The number of rotatable bonds is 6. The van der Waals surface area contributed by atoms with Gasteiger partial charge < -0.3 is 0 Å². The molecule has 0 aliphatic carbocycles. The average molecular weight is 368 g/mol. The molecule has 1 heterocycles. The first-order chi connectivity index (χ1) is 12.5. The lowest BCUT2D eigenvalue weighted by Gasteiger charge is -2.08. The van der Waals surface area contributed by atoms with Gasteiger partial charge in [-0.15, -0.1) is 10.2 Å². The van der Waals surface area contributed by atoms with Gasteiger partial charge in [0.05, 0.1) is 4.92 Å². The molecule has 1 atom stereocenters. The van der Waals surface area contributed by atoms with Crippen LogP contribution < -0.4 is 5.32 Å². The molecule has 132 valence electrons. The van der Waals surface area contributed by atoms with Gasteiger partial charge in [0.15, 0.2) is 0 Å². The summed E-state index contributed by atoms with van der Waals surface area (Å²) in [4.78, 5) is 22.4. The normalized spacial score (nSPS) is 11.7. The van der Waals surface area contributed by atoms with Crippen molar-refractivity contribution in [3.05, 3.63) is 80.8 Å². The van der Waals surface area contributed by atoms with Crippen LogP contribution in [0.25, 0.3) is 0 Å². The molecule has 0 spiro atoms. The molecule has 1 aromatic heterocycles. The molecule has 0 saturated carbocycles. The number of nitrogens with zero attached hydrogens (tertiary/aromatic N) is 3. The second kappa shape index (κ2) is 7.83. The minimum absolute atomic E-state index is 0.0605. The summed E-state index contributed by atoms with van der Waals surface area (Å²) < 4.78 is 0. The van der Waals surface area contributed by atoms with Gasteiger partial charge in [-0.05, 0) is 23.6 Å². The van der Waals surface area contributed by atoms with Crippen molar-refractivity contribution in [2.75, 3.05) is 5.32 Å². The van der Waals surface area contributed by atoms with Crippen molar-refractivity contribution >= 4 is 28.1 Å². The van der Waals surface area contributed by atoms with Crippen molar-refractivity contribution in [2.45, 2.75) is 19.3 Å². The van der Waals surface area contributed by atoms with Gasteiger partial charge in [0.2, 0.25) is 5.13 Å². The van der Waals surface area contributed by atoms with E-state index in [1.807, 2.05) is 18.2 Å². The Balaban J connectivity index is 1.62. The fourth-order valence-corrected chi connectivity index (χ4v) is 3.32. The fourth-order valence-electron chi connectivity index (χ4n) is 2.45. The van der Waals surface area contributed by atoms with Crippen LogP contribution in [0.1, 0.15) is 33.8 Å². The van der Waals surface area contributed by atoms with Gasteiger partial charge in [-0.25, -0.2) is 0 Å². The highest BCUT2D eigenvalue weighted by Crippen LogP contribution is 2.24. The topological polar surface area (TPSA) is 98.0 Å². The number of anilines is 1. The van der Waals surface area contributed by atoms with Gasteiger partial charge in [-0.1, -0.05) is 48.6 Å².